The molecule has 2 aromatic carbocycles. The molecular formula is C26H28N6O2S. The van der Waals surface area contributed by atoms with Crippen LogP contribution in [-0.4, -0.2) is 69.0 Å². The van der Waals surface area contributed by atoms with Gasteiger partial charge >= 0.3 is 0 Å². The summed E-state index contributed by atoms with van der Waals surface area (Å²) in [7, 11) is 1.64. The smallest absolute Gasteiger partial charge is 0.265 e. The first-order valence-corrected chi connectivity index (χ1v) is 12.4. The van der Waals surface area contributed by atoms with Crippen LogP contribution >= 0.6 is 11.3 Å². The van der Waals surface area contributed by atoms with Crippen LogP contribution < -0.4 is 4.74 Å². The summed E-state index contributed by atoms with van der Waals surface area (Å²) in [6, 6.07) is 18.1. The predicted molar refractivity (Wildman–Crippen MR) is 136 cm³/mol. The van der Waals surface area contributed by atoms with Crippen molar-refractivity contribution in [1.82, 2.24) is 29.8 Å². The Hall–Kier alpha value is -3.56. The van der Waals surface area contributed by atoms with Crippen molar-refractivity contribution in [1.29, 1.82) is 0 Å². The average Bonchev–Trinajstić information content (AvgIpc) is 3.47. The van der Waals surface area contributed by atoms with Crippen molar-refractivity contribution in [3.63, 3.8) is 0 Å². The van der Waals surface area contributed by atoms with Crippen molar-refractivity contribution in [2.45, 2.75) is 20.4 Å². The summed E-state index contributed by atoms with van der Waals surface area (Å²) in [6.45, 7) is 7.92. The highest BCUT2D eigenvalue weighted by Gasteiger charge is 2.27. The Bertz CT molecular complexity index is 1310. The molecule has 1 aliphatic heterocycles. The molecule has 0 atom stereocenters. The maximum Gasteiger partial charge on any atom is 0.265 e. The van der Waals surface area contributed by atoms with Gasteiger partial charge < -0.3 is 9.64 Å². The Kier molecular flexibility index (Phi) is 6.61. The van der Waals surface area contributed by atoms with Crippen molar-refractivity contribution in [3.8, 4) is 22.1 Å². The van der Waals surface area contributed by atoms with E-state index in [1.54, 1.807) is 11.8 Å². The summed E-state index contributed by atoms with van der Waals surface area (Å²) in [4.78, 5) is 23.0. The molecule has 180 valence electrons. The number of rotatable bonds is 6. The van der Waals surface area contributed by atoms with Gasteiger partial charge in [0.25, 0.3) is 5.91 Å². The van der Waals surface area contributed by atoms with E-state index in [9.17, 15) is 4.79 Å². The van der Waals surface area contributed by atoms with Crippen LogP contribution in [0.2, 0.25) is 0 Å². The van der Waals surface area contributed by atoms with Crippen LogP contribution in [0, 0.1) is 13.8 Å². The summed E-state index contributed by atoms with van der Waals surface area (Å²) >= 11 is 1.39. The van der Waals surface area contributed by atoms with Crippen molar-refractivity contribution >= 4 is 17.2 Å². The van der Waals surface area contributed by atoms with Crippen LogP contribution in [0.5, 0.6) is 5.75 Å². The number of amides is 1. The number of hydrogen-bond donors (Lipinski definition) is 0. The normalized spacial score (nSPS) is 14.3. The van der Waals surface area contributed by atoms with E-state index in [0.29, 0.717) is 28.7 Å². The zero-order chi connectivity index (χ0) is 24.4. The van der Waals surface area contributed by atoms with Crippen LogP contribution in [0.15, 0.2) is 54.6 Å². The van der Waals surface area contributed by atoms with Gasteiger partial charge in [0.1, 0.15) is 21.3 Å². The second-order valence-corrected chi connectivity index (χ2v) is 9.62. The van der Waals surface area contributed by atoms with Crippen LogP contribution in [0.25, 0.3) is 16.4 Å². The summed E-state index contributed by atoms with van der Waals surface area (Å²) in [5, 5.41) is 9.42. The molecule has 0 bridgehead atoms. The minimum atomic E-state index is 0.0470. The quantitative estimate of drug-likeness (QED) is 0.409. The minimum absolute atomic E-state index is 0.0470. The average molecular weight is 489 g/mol. The standard InChI is InChI=1S/C26H28N6O2S/c1-18-24(26(33)31-15-13-30(14-16-31)17-20-7-5-4-6-8-20)35-25(27-18)23-19(2)32(29-28-23)21-9-11-22(34-3)12-10-21/h4-12H,13-17H2,1-3H3. The summed E-state index contributed by atoms with van der Waals surface area (Å²) in [5.74, 6) is 0.831. The Morgan fingerprint density at radius 1 is 1.00 bits per heavy atom. The lowest BCUT2D eigenvalue weighted by Crippen LogP contribution is -2.48. The molecule has 5 rings (SSSR count). The third kappa shape index (κ3) is 4.82. The molecule has 1 aliphatic rings. The molecule has 1 fully saturated rings. The van der Waals surface area contributed by atoms with Crippen molar-refractivity contribution in [3.05, 3.63) is 76.4 Å². The molecule has 0 N–H and O–H groups in total. The lowest BCUT2D eigenvalue weighted by Gasteiger charge is -2.34. The maximum absolute atomic E-state index is 13.3. The third-order valence-electron chi connectivity index (χ3n) is 6.31. The van der Waals surface area contributed by atoms with Gasteiger partial charge in [0.05, 0.1) is 24.2 Å². The fraction of sp³-hybridized carbons (Fsp3) is 0.308. The van der Waals surface area contributed by atoms with E-state index in [4.69, 9.17) is 4.74 Å². The fourth-order valence-electron chi connectivity index (χ4n) is 4.29. The third-order valence-corrected chi connectivity index (χ3v) is 7.47. The topological polar surface area (TPSA) is 76.4 Å². The SMILES string of the molecule is COc1ccc(-n2nnc(-c3nc(C)c(C(=O)N4CCN(Cc5ccccc5)CC4)s3)c2C)cc1. The molecule has 0 unspecified atom stereocenters. The number of hydrogen-bond acceptors (Lipinski definition) is 7. The van der Waals surface area contributed by atoms with Crippen molar-refractivity contribution in [2.75, 3.05) is 33.3 Å². The van der Waals surface area contributed by atoms with E-state index >= 15 is 0 Å². The second-order valence-electron chi connectivity index (χ2n) is 8.62. The first-order valence-electron chi connectivity index (χ1n) is 11.6. The molecule has 9 heteroatoms. The summed E-state index contributed by atoms with van der Waals surface area (Å²) < 4.78 is 7.02. The number of thiazole rings is 1. The highest BCUT2D eigenvalue weighted by molar-refractivity contribution is 7.17. The molecule has 0 spiro atoms. The molecule has 0 aliphatic carbocycles. The van der Waals surface area contributed by atoms with Gasteiger partial charge in [-0.2, -0.15) is 0 Å². The summed E-state index contributed by atoms with van der Waals surface area (Å²) in [5.41, 5.74) is 4.49. The summed E-state index contributed by atoms with van der Waals surface area (Å²) in [6.07, 6.45) is 0. The van der Waals surface area contributed by atoms with Crippen molar-refractivity contribution in [2.24, 2.45) is 0 Å². The van der Waals surface area contributed by atoms with Gasteiger partial charge in [0.15, 0.2) is 0 Å². The minimum Gasteiger partial charge on any atom is -0.497 e. The Balaban J connectivity index is 1.28. The number of carbonyl (C=O) groups excluding carboxylic acids is 1. The molecule has 1 saturated heterocycles. The largest absolute Gasteiger partial charge is 0.497 e. The van der Waals surface area contributed by atoms with Crippen LogP contribution in [0.4, 0.5) is 0 Å². The molecule has 0 saturated carbocycles. The molecule has 3 heterocycles. The second kappa shape index (κ2) is 9.97. The molecule has 8 nitrogen and oxygen atoms in total. The first kappa shape index (κ1) is 23.2. The van der Waals surface area contributed by atoms with E-state index < -0.39 is 0 Å². The Morgan fingerprint density at radius 3 is 2.40 bits per heavy atom. The maximum atomic E-state index is 13.3. The number of nitrogens with zero attached hydrogens (tertiary/aromatic N) is 6. The predicted octanol–water partition coefficient (Wildman–Crippen LogP) is 3.97. The van der Waals surface area contributed by atoms with Gasteiger partial charge in [-0.25, -0.2) is 9.67 Å². The van der Waals surface area contributed by atoms with Gasteiger partial charge in [0, 0.05) is 32.7 Å². The molecule has 1 amide bonds. The number of benzene rings is 2. The van der Waals surface area contributed by atoms with Gasteiger partial charge in [-0.05, 0) is 43.7 Å². The first-order chi connectivity index (χ1) is 17.0. The number of piperazine rings is 1. The molecule has 4 aromatic rings. The lowest BCUT2D eigenvalue weighted by molar-refractivity contribution is 0.0632. The van der Waals surface area contributed by atoms with Gasteiger partial charge in [-0.15, -0.1) is 16.4 Å². The number of aromatic nitrogens is 4. The van der Waals surface area contributed by atoms with Crippen LogP contribution in [0.3, 0.4) is 0 Å². The number of aryl methyl sites for hydroxylation is 1. The Morgan fingerprint density at radius 2 is 1.71 bits per heavy atom. The van der Waals surface area contributed by atoms with Crippen molar-refractivity contribution < 1.29 is 9.53 Å². The fourth-order valence-corrected chi connectivity index (χ4v) is 5.36. The van der Waals surface area contributed by atoms with E-state index in [1.165, 1.54) is 16.9 Å². The monoisotopic (exact) mass is 488 g/mol. The lowest BCUT2D eigenvalue weighted by atomic mass is 10.2. The number of methoxy groups -OCH3 is 1. The molecule has 2 aromatic heterocycles. The zero-order valence-corrected chi connectivity index (χ0v) is 21.0. The molecular weight excluding hydrogens is 460 g/mol. The van der Waals surface area contributed by atoms with Crippen LogP contribution in [0.1, 0.15) is 26.6 Å². The van der Waals surface area contributed by atoms with E-state index in [-0.39, 0.29) is 5.91 Å². The van der Waals surface area contributed by atoms with E-state index in [1.807, 2.05) is 49.1 Å². The highest BCUT2D eigenvalue weighted by Crippen LogP contribution is 2.30. The highest BCUT2D eigenvalue weighted by atomic mass is 32.1. The molecule has 35 heavy (non-hydrogen) atoms. The number of carbonyl (C=O) groups is 1. The van der Waals surface area contributed by atoms with Gasteiger partial charge in [-0.1, -0.05) is 35.5 Å². The van der Waals surface area contributed by atoms with Crippen LogP contribution in [-0.2, 0) is 6.54 Å². The number of ether oxygens (including phenoxy) is 1. The van der Waals surface area contributed by atoms with Gasteiger partial charge in [0.2, 0.25) is 0 Å². The van der Waals surface area contributed by atoms with Gasteiger partial charge in [-0.3, -0.25) is 9.69 Å². The zero-order valence-electron chi connectivity index (χ0n) is 20.1. The van der Waals surface area contributed by atoms with E-state index in [2.05, 4.69) is 44.5 Å². The van der Waals surface area contributed by atoms with E-state index in [0.717, 1.165) is 42.5 Å². The Labute approximate surface area is 208 Å². The molecule has 0 radical (unpaired) electrons.